The fraction of sp³-hybridized carbons (Fsp3) is 0.867. The number of nitrogens with zero attached hydrogens (tertiary/aromatic N) is 3. The number of likely N-dealkylation sites (tertiary alicyclic amines) is 1. The van der Waals surface area contributed by atoms with E-state index in [2.05, 4.69) is 20.4 Å². The zero-order chi connectivity index (χ0) is 14.5. The van der Waals surface area contributed by atoms with Crippen LogP contribution in [0.4, 0.5) is 6.01 Å². The van der Waals surface area contributed by atoms with E-state index in [9.17, 15) is 0 Å². The molecular formula is C15H27N5O. The molecule has 6 nitrogen and oxygen atoms in total. The molecular weight excluding hydrogens is 266 g/mol. The molecule has 1 saturated carbocycles. The van der Waals surface area contributed by atoms with Crippen LogP contribution in [0.25, 0.3) is 0 Å². The smallest absolute Gasteiger partial charge is 0.315 e. The molecule has 0 amide bonds. The van der Waals surface area contributed by atoms with Gasteiger partial charge in [0.1, 0.15) is 0 Å². The quantitative estimate of drug-likeness (QED) is 0.835. The summed E-state index contributed by atoms with van der Waals surface area (Å²) in [6.45, 7) is 3.77. The molecule has 3 rings (SSSR count). The lowest BCUT2D eigenvalue weighted by atomic mass is 9.92. The van der Waals surface area contributed by atoms with Gasteiger partial charge in [0, 0.05) is 12.6 Å². The maximum Gasteiger partial charge on any atom is 0.315 e. The van der Waals surface area contributed by atoms with Crippen LogP contribution in [-0.4, -0.2) is 40.8 Å². The van der Waals surface area contributed by atoms with Gasteiger partial charge in [-0.25, -0.2) is 0 Å². The number of nitrogens with two attached hydrogens (primary N) is 1. The van der Waals surface area contributed by atoms with Crippen molar-refractivity contribution in [3.05, 3.63) is 5.89 Å². The van der Waals surface area contributed by atoms with Gasteiger partial charge in [0.15, 0.2) is 0 Å². The third-order valence-electron chi connectivity index (χ3n) is 4.96. The van der Waals surface area contributed by atoms with E-state index in [4.69, 9.17) is 10.2 Å². The molecule has 0 spiro atoms. The largest absolute Gasteiger partial charge is 0.407 e. The molecule has 6 heteroatoms. The van der Waals surface area contributed by atoms with Gasteiger partial charge in [-0.15, -0.1) is 5.10 Å². The molecule has 3 N–H and O–H groups in total. The first kappa shape index (κ1) is 14.8. The van der Waals surface area contributed by atoms with Crippen LogP contribution in [0.2, 0.25) is 0 Å². The number of rotatable bonds is 6. The van der Waals surface area contributed by atoms with Crippen molar-refractivity contribution in [3.63, 3.8) is 0 Å². The van der Waals surface area contributed by atoms with Crippen LogP contribution >= 0.6 is 0 Å². The predicted molar refractivity (Wildman–Crippen MR) is 81.8 cm³/mol. The summed E-state index contributed by atoms with van der Waals surface area (Å²) in [6.07, 6.45) is 9.55. The Kier molecular flexibility index (Phi) is 5.08. The number of anilines is 1. The highest BCUT2D eigenvalue weighted by molar-refractivity contribution is 5.16. The molecule has 0 atom stereocenters. The van der Waals surface area contributed by atoms with Crippen LogP contribution in [0.3, 0.4) is 0 Å². The summed E-state index contributed by atoms with van der Waals surface area (Å²) >= 11 is 0. The fourth-order valence-corrected chi connectivity index (χ4v) is 3.67. The first-order chi connectivity index (χ1) is 10.3. The summed E-state index contributed by atoms with van der Waals surface area (Å²) in [5.41, 5.74) is 5.44. The van der Waals surface area contributed by atoms with Crippen molar-refractivity contribution < 1.29 is 4.42 Å². The zero-order valence-corrected chi connectivity index (χ0v) is 12.8. The molecule has 2 fully saturated rings. The summed E-state index contributed by atoms with van der Waals surface area (Å²) in [6, 6.07) is 1.39. The molecule has 1 saturated heterocycles. The molecule has 1 aliphatic heterocycles. The summed E-state index contributed by atoms with van der Waals surface area (Å²) in [7, 11) is 0. The fourth-order valence-electron chi connectivity index (χ4n) is 3.67. The van der Waals surface area contributed by atoms with Crippen molar-refractivity contribution in [2.24, 2.45) is 11.7 Å². The van der Waals surface area contributed by atoms with E-state index in [0.29, 0.717) is 18.5 Å². The highest BCUT2D eigenvalue weighted by atomic mass is 16.4. The first-order valence-electron chi connectivity index (χ1n) is 8.35. The number of nitrogens with one attached hydrogen (secondary N) is 1. The van der Waals surface area contributed by atoms with E-state index in [1.54, 1.807) is 0 Å². The maximum absolute atomic E-state index is 5.44. The third-order valence-corrected chi connectivity index (χ3v) is 4.96. The lowest BCUT2D eigenvalue weighted by Gasteiger charge is -2.36. The highest BCUT2D eigenvalue weighted by Gasteiger charge is 2.26. The Bertz CT molecular complexity index is 421. The normalized spacial score (nSPS) is 22.0. The van der Waals surface area contributed by atoms with Crippen molar-refractivity contribution in [1.82, 2.24) is 15.1 Å². The standard InChI is InChI=1S/C15H27N5O/c16-11-14-18-19-15(21-14)17-8-5-12-6-9-20(10-7-12)13-3-1-2-4-13/h12-13H,1-11,16H2,(H,17,19). The minimum atomic E-state index is 0.300. The van der Waals surface area contributed by atoms with Gasteiger partial charge in [-0.3, -0.25) is 0 Å². The van der Waals surface area contributed by atoms with Crippen LogP contribution in [0.5, 0.6) is 0 Å². The molecule has 1 aromatic heterocycles. The average molecular weight is 293 g/mol. The molecule has 21 heavy (non-hydrogen) atoms. The van der Waals surface area contributed by atoms with Crippen LogP contribution in [0, 0.1) is 5.92 Å². The first-order valence-corrected chi connectivity index (χ1v) is 8.35. The second-order valence-electron chi connectivity index (χ2n) is 6.34. The number of piperidine rings is 1. The van der Waals surface area contributed by atoms with Gasteiger partial charge in [-0.05, 0) is 51.1 Å². The van der Waals surface area contributed by atoms with Crippen LogP contribution in [0.1, 0.15) is 50.8 Å². The van der Waals surface area contributed by atoms with E-state index in [0.717, 1.165) is 18.5 Å². The third kappa shape index (κ3) is 3.95. The summed E-state index contributed by atoms with van der Waals surface area (Å²) in [5.74, 6) is 1.31. The second kappa shape index (κ2) is 7.22. The lowest BCUT2D eigenvalue weighted by molar-refractivity contribution is 0.132. The Labute approximate surface area is 126 Å². The SMILES string of the molecule is NCc1nnc(NCCC2CCN(C3CCCC3)CC2)o1. The van der Waals surface area contributed by atoms with Gasteiger partial charge in [0.05, 0.1) is 6.54 Å². The van der Waals surface area contributed by atoms with Crippen molar-refractivity contribution in [2.75, 3.05) is 25.0 Å². The Morgan fingerprint density at radius 2 is 1.90 bits per heavy atom. The van der Waals surface area contributed by atoms with Crippen LogP contribution in [0.15, 0.2) is 4.42 Å². The number of hydrogen-bond acceptors (Lipinski definition) is 6. The molecule has 118 valence electrons. The van der Waals surface area contributed by atoms with E-state index in [1.807, 2.05) is 0 Å². The molecule has 0 radical (unpaired) electrons. The predicted octanol–water partition coefficient (Wildman–Crippen LogP) is 1.98. The topological polar surface area (TPSA) is 80.2 Å². The monoisotopic (exact) mass is 293 g/mol. The molecule has 1 aliphatic carbocycles. The lowest BCUT2D eigenvalue weighted by Crippen LogP contribution is -2.40. The van der Waals surface area contributed by atoms with Crippen LogP contribution < -0.4 is 11.1 Å². The van der Waals surface area contributed by atoms with Gasteiger partial charge >= 0.3 is 6.01 Å². The molecule has 2 heterocycles. The Morgan fingerprint density at radius 1 is 1.14 bits per heavy atom. The zero-order valence-electron chi connectivity index (χ0n) is 12.8. The molecule has 1 aromatic rings. The summed E-state index contributed by atoms with van der Waals surface area (Å²) < 4.78 is 5.34. The minimum absolute atomic E-state index is 0.300. The van der Waals surface area contributed by atoms with Gasteiger partial charge in [-0.1, -0.05) is 17.9 Å². The second-order valence-corrected chi connectivity index (χ2v) is 6.34. The van der Waals surface area contributed by atoms with Crippen molar-refractivity contribution in [2.45, 2.75) is 57.5 Å². The van der Waals surface area contributed by atoms with E-state index in [1.165, 1.54) is 58.0 Å². The molecule has 0 bridgehead atoms. The van der Waals surface area contributed by atoms with Gasteiger partial charge in [0.25, 0.3) is 0 Å². The average Bonchev–Trinajstić information content (AvgIpc) is 3.19. The van der Waals surface area contributed by atoms with E-state index in [-0.39, 0.29) is 0 Å². The maximum atomic E-state index is 5.44. The molecule has 0 unspecified atom stereocenters. The minimum Gasteiger partial charge on any atom is -0.407 e. The van der Waals surface area contributed by atoms with Gasteiger partial charge < -0.3 is 20.4 Å². The summed E-state index contributed by atoms with van der Waals surface area (Å²) in [4.78, 5) is 2.72. The van der Waals surface area contributed by atoms with E-state index < -0.39 is 0 Å². The molecule has 0 aromatic carbocycles. The highest BCUT2D eigenvalue weighted by Crippen LogP contribution is 2.28. The number of hydrogen-bond donors (Lipinski definition) is 2. The summed E-state index contributed by atoms with van der Waals surface area (Å²) in [5, 5.41) is 11.0. The Morgan fingerprint density at radius 3 is 2.57 bits per heavy atom. The Hall–Kier alpha value is -1.14. The van der Waals surface area contributed by atoms with Gasteiger partial charge in [0.2, 0.25) is 5.89 Å². The Balaban J connectivity index is 1.33. The van der Waals surface area contributed by atoms with Crippen molar-refractivity contribution in [3.8, 4) is 0 Å². The van der Waals surface area contributed by atoms with E-state index >= 15 is 0 Å². The van der Waals surface area contributed by atoms with Crippen molar-refractivity contribution in [1.29, 1.82) is 0 Å². The van der Waals surface area contributed by atoms with Crippen LogP contribution in [-0.2, 0) is 6.54 Å². The number of aromatic nitrogens is 2. The molecule has 2 aliphatic rings. The van der Waals surface area contributed by atoms with Gasteiger partial charge in [-0.2, -0.15) is 0 Å². The van der Waals surface area contributed by atoms with Crippen molar-refractivity contribution >= 4 is 6.01 Å².